The van der Waals surface area contributed by atoms with Gasteiger partial charge < -0.3 is 20.1 Å². The van der Waals surface area contributed by atoms with Crippen molar-refractivity contribution in [3.8, 4) is 5.75 Å². The third-order valence-corrected chi connectivity index (χ3v) is 3.89. The molecule has 3 rings (SSSR count). The highest BCUT2D eigenvalue weighted by Crippen LogP contribution is 2.20. The zero-order valence-electron chi connectivity index (χ0n) is 14.3. The Labute approximate surface area is 146 Å². The first kappa shape index (κ1) is 17.0. The Kier molecular flexibility index (Phi) is 5.05. The van der Waals surface area contributed by atoms with Gasteiger partial charge in [-0.2, -0.15) is 0 Å². The second-order valence-electron chi connectivity index (χ2n) is 6.24. The highest BCUT2D eigenvalue weighted by Gasteiger charge is 2.12. The third-order valence-electron chi connectivity index (χ3n) is 3.89. The standard InChI is InChI=1S/C20H22N2O3/c1-13(2)25-17-5-3-4-15(10-17)19(23)12-22-20(24)16-7-6-14-8-9-21-18(14)11-16/h3-11,13,19,21,23H,12H2,1-2H3,(H,22,24). The minimum Gasteiger partial charge on any atom is -0.491 e. The van der Waals surface area contributed by atoms with Crippen LogP contribution >= 0.6 is 0 Å². The number of hydrogen-bond acceptors (Lipinski definition) is 3. The molecule has 0 saturated carbocycles. The summed E-state index contributed by atoms with van der Waals surface area (Å²) in [6.07, 6.45) is 1.10. The van der Waals surface area contributed by atoms with Gasteiger partial charge >= 0.3 is 0 Å². The molecule has 0 aliphatic heterocycles. The summed E-state index contributed by atoms with van der Waals surface area (Å²) >= 11 is 0. The maximum atomic E-state index is 12.3. The van der Waals surface area contributed by atoms with Gasteiger partial charge in [0.25, 0.3) is 5.91 Å². The first-order valence-electron chi connectivity index (χ1n) is 8.33. The molecule has 0 saturated heterocycles. The number of carbonyl (C=O) groups is 1. The van der Waals surface area contributed by atoms with E-state index in [1.165, 1.54) is 0 Å². The SMILES string of the molecule is CC(C)Oc1cccc(C(O)CNC(=O)c2ccc3cc[nH]c3c2)c1. The molecule has 0 aliphatic carbocycles. The number of amides is 1. The molecule has 1 amide bonds. The zero-order valence-corrected chi connectivity index (χ0v) is 14.3. The molecule has 3 aromatic rings. The van der Waals surface area contributed by atoms with Gasteiger partial charge in [-0.15, -0.1) is 0 Å². The molecule has 1 heterocycles. The van der Waals surface area contributed by atoms with E-state index in [9.17, 15) is 9.90 Å². The maximum Gasteiger partial charge on any atom is 0.251 e. The molecule has 5 nitrogen and oxygen atoms in total. The van der Waals surface area contributed by atoms with Crippen LogP contribution in [-0.4, -0.2) is 28.6 Å². The summed E-state index contributed by atoms with van der Waals surface area (Å²) in [7, 11) is 0. The zero-order chi connectivity index (χ0) is 17.8. The molecule has 0 bridgehead atoms. The number of H-pyrrole nitrogens is 1. The smallest absolute Gasteiger partial charge is 0.251 e. The molecule has 3 N–H and O–H groups in total. The van der Waals surface area contributed by atoms with E-state index < -0.39 is 6.10 Å². The van der Waals surface area contributed by atoms with Crippen LogP contribution in [0, 0.1) is 0 Å². The van der Waals surface area contributed by atoms with Gasteiger partial charge in [0.2, 0.25) is 0 Å². The molecule has 0 fully saturated rings. The van der Waals surface area contributed by atoms with Crippen molar-refractivity contribution in [3.63, 3.8) is 0 Å². The van der Waals surface area contributed by atoms with E-state index >= 15 is 0 Å². The van der Waals surface area contributed by atoms with Crippen molar-refractivity contribution in [2.45, 2.75) is 26.1 Å². The molecular formula is C20H22N2O3. The minimum absolute atomic E-state index is 0.0648. The summed E-state index contributed by atoms with van der Waals surface area (Å²) < 4.78 is 5.63. The van der Waals surface area contributed by atoms with Crippen LogP contribution in [0.5, 0.6) is 5.75 Å². The van der Waals surface area contributed by atoms with Crippen molar-refractivity contribution in [2.24, 2.45) is 0 Å². The van der Waals surface area contributed by atoms with Crippen LogP contribution in [0.4, 0.5) is 0 Å². The Bertz CT molecular complexity index is 870. The number of aliphatic hydroxyl groups excluding tert-OH is 1. The lowest BCUT2D eigenvalue weighted by atomic mass is 10.1. The van der Waals surface area contributed by atoms with Gasteiger partial charge in [-0.25, -0.2) is 0 Å². The number of hydrogen-bond donors (Lipinski definition) is 3. The van der Waals surface area contributed by atoms with Crippen LogP contribution < -0.4 is 10.1 Å². The van der Waals surface area contributed by atoms with E-state index in [4.69, 9.17) is 4.74 Å². The fourth-order valence-corrected chi connectivity index (χ4v) is 2.67. The van der Waals surface area contributed by atoms with Crippen LogP contribution in [0.3, 0.4) is 0 Å². The molecule has 130 valence electrons. The van der Waals surface area contributed by atoms with Crippen LogP contribution in [0.15, 0.2) is 54.7 Å². The fraction of sp³-hybridized carbons (Fsp3) is 0.250. The Hall–Kier alpha value is -2.79. The Morgan fingerprint density at radius 3 is 2.84 bits per heavy atom. The number of ether oxygens (including phenoxy) is 1. The fourth-order valence-electron chi connectivity index (χ4n) is 2.67. The first-order chi connectivity index (χ1) is 12.0. The number of aromatic amines is 1. The van der Waals surface area contributed by atoms with Crippen molar-refractivity contribution < 1.29 is 14.6 Å². The van der Waals surface area contributed by atoms with Gasteiger partial charge in [-0.05, 0) is 55.1 Å². The van der Waals surface area contributed by atoms with E-state index in [1.807, 2.05) is 50.4 Å². The summed E-state index contributed by atoms with van der Waals surface area (Å²) in [5.41, 5.74) is 2.17. The molecule has 0 aliphatic rings. The summed E-state index contributed by atoms with van der Waals surface area (Å²) in [6.45, 7) is 4.03. The summed E-state index contributed by atoms with van der Waals surface area (Å²) in [5, 5.41) is 14.2. The summed E-state index contributed by atoms with van der Waals surface area (Å²) in [6, 6.07) is 14.7. The molecule has 1 aromatic heterocycles. The predicted octanol–water partition coefficient (Wildman–Crippen LogP) is 3.42. The van der Waals surface area contributed by atoms with Crippen LogP contribution in [0.2, 0.25) is 0 Å². The summed E-state index contributed by atoms with van der Waals surface area (Å²) in [5.74, 6) is 0.486. The number of aliphatic hydroxyl groups is 1. The molecular weight excluding hydrogens is 316 g/mol. The minimum atomic E-state index is -0.797. The maximum absolute atomic E-state index is 12.3. The average Bonchev–Trinajstić information content (AvgIpc) is 3.06. The normalized spacial score (nSPS) is 12.3. The first-order valence-corrected chi connectivity index (χ1v) is 8.33. The Morgan fingerprint density at radius 1 is 1.20 bits per heavy atom. The Balaban J connectivity index is 1.63. The second-order valence-corrected chi connectivity index (χ2v) is 6.24. The van der Waals surface area contributed by atoms with Gasteiger partial charge in [0.15, 0.2) is 0 Å². The molecule has 25 heavy (non-hydrogen) atoms. The highest BCUT2D eigenvalue weighted by molar-refractivity contribution is 5.97. The van der Waals surface area contributed by atoms with Crippen LogP contribution in [-0.2, 0) is 0 Å². The van der Waals surface area contributed by atoms with Gasteiger partial charge in [0.05, 0.1) is 12.2 Å². The predicted molar refractivity (Wildman–Crippen MR) is 97.8 cm³/mol. The topological polar surface area (TPSA) is 74.3 Å². The van der Waals surface area contributed by atoms with Crippen LogP contribution in [0.1, 0.15) is 35.9 Å². The molecule has 2 aromatic carbocycles. The number of aromatic nitrogens is 1. The number of nitrogens with one attached hydrogen (secondary N) is 2. The van der Waals surface area contributed by atoms with Crippen molar-refractivity contribution in [2.75, 3.05) is 6.54 Å². The second kappa shape index (κ2) is 7.40. The van der Waals surface area contributed by atoms with Crippen molar-refractivity contribution in [1.29, 1.82) is 0 Å². The lowest BCUT2D eigenvalue weighted by Gasteiger charge is -2.15. The van der Waals surface area contributed by atoms with Gasteiger partial charge in [-0.3, -0.25) is 4.79 Å². The van der Waals surface area contributed by atoms with Crippen molar-refractivity contribution in [3.05, 3.63) is 65.9 Å². The molecule has 1 unspecified atom stereocenters. The van der Waals surface area contributed by atoms with Gasteiger partial charge in [-0.1, -0.05) is 18.2 Å². The Morgan fingerprint density at radius 2 is 2.04 bits per heavy atom. The van der Waals surface area contributed by atoms with Gasteiger partial charge in [0, 0.05) is 23.8 Å². The monoisotopic (exact) mass is 338 g/mol. The van der Waals surface area contributed by atoms with Gasteiger partial charge in [0.1, 0.15) is 5.75 Å². The lowest BCUT2D eigenvalue weighted by molar-refractivity contribution is 0.0916. The molecule has 1 atom stereocenters. The third kappa shape index (κ3) is 4.19. The highest BCUT2D eigenvalue weighted by atomic mass is 16.5. The van der Waals surface area contributed by atoms with E-state index in [0.717, 1.165) is 10.9 Å². The number of fused-ring (bicyclic) bond motifs is 1. The molecule has 0 spiro atoms. The van der Waals surface area contributed by atoms with Crippen molar-refractivity contribution >= 4 is 16.8 Å². The number of rotatable bonds is 6. The number of benzene rings is 2. The van der Waals surface area contributed by atoms with E-state index in [1.54, 1.807) is 18.2 Å². The summed E-state index contributed by atoms with van der Waals surface area (Å²) in [4.78, 5) is 15.4. The number of carbonyl (C=O) groups excluding carboxylic acids is 1. The quantitative estimate of drug-likeness (QED) is 0.645. The molecule has 5 heteroatoms. The van der Waals surface area contributed by atoms with E-state index in [-0.39, 0.29) is 18.6 Å². The van der Waals surface area contributed by atoms with E-state index in [2.05, 4.69) is 10.3 Å². The lowest BCUT2D eigenvalue weighted by Crippen LogP contribution is -2.28. The average molecular weight is 338 g/mol. The largest absolute Gasteiger partial charge is 0.491 e. The van der Waals surface area contributed by atoms with E-state index in [0.29, 0.717) is 16.9 Å². The van der Waals surface area contributed by atoms with Crippen LogP contribution in [0.25, 0.3) is 10.9 Å². The molecule has 0 radical (unpaired) electrons. The van der Waals surface area contributed by atoms with Crippen molar-refractivity contribution in [1.82, 2.24) is 10.3 Å².